The van der Waals surface area contributed by atoms with Crippen molar-refractivity contribution in [2.24, 2.45) is 12.0 Å². The third kappa shape index (κ3) is 2.81. The zero-order valence-electron chi connectivity index (χ0n) is 10.8. The number of benzene rings is 2. The average Bonchev–Trinajstić information content (AvgIpc) is 2.82. The maximum Gasteiger partial charge on any atom is 0.208 e. The first-order valence-electron chi connectivity index (χ1n) is 6.12. The van der Waals surface area contributed by atoms with E-state index in [2.05, 4.69) is 10.1 Å². The van der Waals surface area contributed by atoms with E-state index in [0.29, 0.717) is 0 Å². The summed E-state index contributed by atoms with van der Waals surface area (Å²) < 4.78 is 1.79. The lowest BCUT2D eigenvalue weighted by Gasteiger charge is -1.94. The van der Waals surface area contributed by atoms with E-state index in [0.717, 1.165) is 26.1 Å². The van der Waals surface area contributed by atoms with Gasteiger partial charge < -0.3 is 0 Å². The quantitative estimate of drug-likeness (QED) is 0.703. The Bertz CT molecular complexity index is 773. The fourth-order valence-electron chi connectivity index (χ4n) is 1.77. The van der Waals surface area contributed by atoms with Gasteiger partial charge in [-0.05, 0) is 24.3 Å². The van der Waals surface area contributed by atoms with Crippen LogP contribution < -0.4 is 4.80 Å². The van der Waals surface area contributed by atoms with Crippen molar-refractivity contribution in [3.05, 3.63) is 64.4 Å². The van der Waals surface area contributed by atoms with E-state index in [9.17, 15) is 0 Å². The van der Waals surface area contributed by atoms with Crippen LogP contribution >= 0.6 is 22.9 Å². The van der Waals surface area contributed by atoms with E-state index in [1.807, 2.05) is 61.6 Å². The van der Waals surface area contributed by atoms with Gasteiger partial charge in [0.15, 0.2) is 0 Å². The third-order valence-electron chi connectivity index (χ3n) is 2.78. The van der Waals surface area contributed by atoms with Gasteiger partial charge >= 0.3 is 0 Å². The number of halogens is 1. The van der Waals surface area contributed by atoms with Crippen molar-refractivity contribution < 1.29 is 0 Å². The zero-order chi connectivity index (χ0) is 13.9. The Hall–Kier alpha value is -1.91. The van der Waals surface area contributed by atoms with Gasteiger partial charge in [0, 0.05) is 17.6 Å². The molecule has 5 heteroatoms. The summed E-state index contributed by atoms with van der Waals surface area (Å²) >= 11 is 7.46. The van der Waals surface area contributed by atoms with Crippen LogP contribution in [-0.4, -0.2) is 9.78 Å². The highest BCUT2D eigenvalue weighted by molar-refractivity contribution is 7.12. The molecule has 3 aromatic rings. The van der Waals surface area contributed by atoms with Crippen LogP contribution in [0.5, 0.6) is 0 Å². The maximum atomic E-state index is 5.90. The first-order valence-corrected chi connectivity index (χ1v) is 7.32. The van der Waals surface area contributed by atoms with Crippen LogP contribution in [0.1, 0.15) is 0 Å². The molecule has 0 radical (unpaired) electrons. The summed E-state index contributed by atoms with van der Waals surface area (Å²) in [7, 11) is 1.90. The highest BCUT2D eigenvalue weighted by Gasteiger charge is 2.05. The van der Waals surface area contributed by atoms with Crippen LogP contribution in [0.25, 0.3) is 10.6 Å². The molecule has 0 bridgehead atoms. The van der Waals surface area contributed by atoms with Crippen molar-refractivity contribution in [2.75, 3.05) is 0 Å². The van der Waals surface area contributed by atoms with Crippen molar-refractivity contribution in [1.29, 1.82) is 0 Å². The van der Waals surface area contributed by atoms with Crippen molar-refractivity contribution in [1.82, 2.24) is 9.78 Å². The SMILES string of the molecule is Cn1nc(-c2ccc(Cl)cc2)sc1=Nc1ccccc1. The van der Waals surface area contributed by atoms with Crippen molar-refractivity contribution in [2.45, 2.75) is 0 Å². The molecule has 0 unspecified atom stereocenters. The average molecular weight is 302 g/mol. The normalized spacial score (nSPS) is 11.8. The molecule has 2 aromatic carbocycles. The van der Waals surface area contributed by atoms with Crippen molar-refractivity contribution in [3.63, 3.8) is 0 Å². The summed E-state index contributed by atoms with van der Waals surface area (Å²) in [5.74, 6) is 0. The van der Waals surface area contributed by atoms with Crippen LogP contribution in [-0.2, 0) is 7.05 Å². The Labute approximate surface area is 125 Å². The fraction of sp³-hybridized carbons (Fsp3) is 0.0667. The molecule has 0 aliphatic rings. The predicted molar refractivity (Wildman–Crippen MR) is 83.2 cm³/mol. The summed E-state index contributed by atoms with van der Waals surface area (Å²) in [6.07, 6.45) is 0. The van der Waals surface area contributed by atoms with Crippen LogP contribution in [0.3, 0.4) is 0 Å². The minimum absolute atomic E-state index is 0.726. The minimum Gasteiger partial charge on any atom is -0.241 e. The number of hydrogen-bond donors (Lipinski definition) is 0. The Morgan fingerprint density at radius 3 is 2.45 bits per heavy atom. The van der Waals surface area contributed by atoms with Gasteiger partial charge in [-0.25, -0.2) is 9.67 Å². The summed E-state index contributed by atoms with van der Waals surface area (Å²) in [5.41, 5.74) is 1.97. The Kier molecular flexibility index (Phi) is 3.67. The summed E-state index contributed by atoms with van der Waals surface area (Å²) in [5, 5.41) is 6.16. The molecular weight excluding hydrogens is 290 g/mol. The van der Waals surface area contributed by atoms with Gasteiger partial charge in [-0.3, -0.25) is 0 Å². The molecule has 1 heterocycles. The number of aryl methyl sites for hydroxylation is 1. The molecule has 100 valence electrons. The van der Waals surface area contributed by atoms with Gasteiger partial charge in [-0.2, -0.15) is 5.10 Å². The molecule has 0 atom stereocenters. The van der Waals surface area contributed by atoms with Crippen molar-refractivity contribution >= 4 is 28.6 Å². The highest BCUT2D eigenvalue weighted by Crippen LogP contribution is 2.21. The van der Waals surface area contributed by atoms with Crippen LogP contribution in [0.15, 0.2) is 59.6 Å². The molecule has 0 amide bonds. The molecule has 3 rings (SSSR count). The van der Waals surface area contributed by atoms with Crippen molar-refractivity contribution in [3.8, 4) is 10.6 Å². The number of nitrogens with zero attached hydrogens (tertiary/aromatic N) is 3. The first-order chi connectivity index (χ1) is 9.72. The lowest BCUT2D eigenvalue weighted by atomic mass is 10.2. The van der Waals surface area contributed by atoms with Crippen LogP contribution in [0.2, 0.25) is 5.02 Å². The molecule has 3 nitrogen and oxygen atoms in total. The smallest absolute Gasteiger partial charge is 0.208 e. The Balaban J connectivity index is 2.03. The monoisotopic (exact) mass is 301 g/mol. The maximum absolute atomic E-state index is 5.90. The second-order valence-corrected chi connectivity index (χ2v) is 5.66. The molecule has 0 saturated heterocycles. The third-order valence-corrected chi connectivity index (χ3v) is 4.08. The number of rotatable bonds is 2. The molecule has 0 aliphatic carbocycles. The largest absolute Gasteiger partial charge is 0.241 e. The molecule has 0 spiro atoms. The van der Waals surface area contributed by atoms with Gasteiger partial charge in [0.1, 0.15) is 5.01 Å². The van der Waals surface area contributed by atoms with E-state index >= 15 is 0 Å². The second-order valence-electron chi connectivity index (χ2n) is 4.27. The second kappa shape index (κ2) is 5.61. The van der Waals surface area contributed by atoms with Gasteiger partial charge in [-0.15, -0.1) is 0 Å². The molecular formula is C15H12ClN3S. The van der Waals surface area contributed by atoms with E-state index in [-0.39, 0.29) is 0 Å². The molecule has 1 aromatic heterocycles. The fourth-order valence-corrected chi connectivity index (χ4v) is 2.81. The lowest BCUT2D eigenvalue weighted by Crippen LogP contribution is -2.10. The number of hydrogen-bond acceptors (Lipinski definition) is 3. The van der Waals surface area contributed by atoms with E-state index in [1.54, 1.807) is 16.0 Å². The summed E-state index contributed by atoms with van der Waals surface area (Å²) in [4.78, 5) is 5.46. The summed E-state index contributed by atoms with van der Waals surface area (Å²) in [6.45, 7) is 0. The predicted octanol–water partition coefficient (Wildman–Crippen LogP) is 4.03. The first kappa shape index (κ1) is 13.1. The van der Waals surface area contributed by atoms with E-state index in [1.165, 1.54) is 0 Å². The molecule has 0 N–H and O–H groups in total. The van der Waals surface area contributed by atoms with E-state index in [4.69, 9.17) is 11.6 Å². The van der Waals surface area contributed by atoms with Crippen LogP contribution in [0, 0.1) is 0 Å². The lowest BCUT2D eigenvalue weighted by molar-refractivity contribution is 0.732. The number of para-hydroxylation sites is 1. The minimum atomic E-state index is 0.726. The van der Waals surface area contributed by atoms with Gasteiger partial charge in [0.05, 0.1) is 5.69 Å². The van der Waals surface area contributed by atoms with E-state index < -0.39 is 0 Å². The standard InChI is InChI=1S/C15H12ClN3S/c1-19-15(17-13-5-3-2-4-6-13)20-14(18-19)11-7-9-12(16)10-8-11/h2-10H,1H3. The highest BCUT2D eigenvalue weighted by atomic mass is 35.5. The van der Waals surface area contributed by atoms with Gasteiger partial charge in [0.25, 0.3) is 0 Å². The zero-order valence-corrected chi connectivity index (χ0v) is 12.4. The molecule has 20 heavy (non-hydrogen) atoms. The Morgan fingerprint density at radius 2 is 1.75 bits per heavy atom. The molecule has 0 aliphatic heterocycles. The van der Waals surface area contributed by atoms with Gasteiger partial charge in [0.2, 0.25) is 4.80 Å². The topological polar surface area (TPSA) is 30.2 Å². The molecule has 0 saturated carbocycles. The van der Waals surface area contributed by atoms with Crippen LogP contribution in [0.4, 0.5) is 5.69 Å². The van der Waals surface area contributed by atoms with Gasteiger partial charge in [-0.1, -0.05) is 53.3 Å². The number of aromatic nitrogens is 2. The molecule has 0 fully saturated rings. The Morgan fingerprint density at radius 1 is 1.05 bits per heavy atom. The summed E-state index contributed by atoms with van der Waals surface area (Å²) in [6, 6.07) is 17.5.